The van der Waals surface area contributed by atoms with Crippen LogP contribution in [-0.4, -0.2) is 67.7 Å². The van der Waals surface area contributed by atoms with E-state index in [2.05, 4.69) is 11.8 Å². The number of carbonyl (C=O) groups is 1. The average Bonchev–Trinajstić information content (AvgIpc) is 2.88. The molecule has 0 radical (unpaired) electrons. The third kappa shape index (κ3) is 8.35. The Morgan fingerprint density at radius 2 is 1.44 bits per heavy atom. The van der Waals surface area contributed by atoms with Crippen LogP contribution in [0, 0.1) is 11.6 Å². The fourth-order valence-electron chi connectivity index (χ4n) is 4.35. The highest BCUT2D eigenvalue weighted by molar-refractivity contribution is 7.89. The Morgan fingerprint density at radius 3 is 2.06 bits per heavy atom. The number of hydrogen-bond donors (Lipinski definition) is 0. The fraction of sp³-hybridized carbons (Fsp3) is 0.519. The third-order valence-corrected chi connectivity index (χ3v) is 8.52. The first-order valence-corrected chi connectivity index (χ1v) is 14.2. The van der Waals surface area contributed by atoms with E-state index >= 15 is 0 Å². The molecule has 0 bridgehead atoms. The second-order valence-corrected chi connectivity index (χ2v) is 11.2. The summed E-state index contributed by atoms with van der Waals surface area (Å²) in [6.45, 7) is 5.52. The van der Waals surface area contributed by atoms with Crippen molar-refractivity contribution in [3.8, 4) is 0 Å². The number of nitrogens with zero attached hydrogens (tertiary/aromatic N) is 3. The van der Waals surface area contributed by atoms with Crippen LogP contribution in [-0.2, 0) is 21.4 Å². The van der Waals surface area contributed by atoms with E-state index in [4.69, 9.17) is 0 Å². The van der Waals surface area contributed by atoms with Crippen molar-refractivity contribution in [1.29, 1.82) is 0 Å². The molecule has 3 rings (SSSR count). The highest BCUT2D eigenvalue weighted by atomic mass is 32.2. The molecule has 0 atom stereocenters. The molecular weight excluding hydrogens is 484 g/mol. The Hall–Kier alpha value is -2.36. The molecule has 0 aliphatic carbocycles. The standard InChI is InChI=1S/C27H37F2N3O3S/c1-2-3-4-5-6-7-27(33)31(22-23-8-10-24(28)11-9-23)19-16-30-17-20-32(21-18-30)36(34,35)26-14-12-25(29)13-15-26/h8-15H,2-7,16-22H2,1H3. The summed E-state index contributed by atoms with van der Waals surface area (Å²) in [5, 5.41) is 0. The number of unbranched alkanes of at least 4 members (excludes halogenated alkanes) is 4. The Balaban J connectivity index is 1.54. The molecule has 1 saturated heterocycles. The van der Waals surface area contributed by atoms with Crippen LogP contribution in [0.3, 0.4) is 0 Å². The molecule has 1 fully saturated rings. The SMILES string of the molecule is CCCCCCCC(=O)N(CCN1CCN(S(=O)(=O)c2ccc(F)cc2)CC1)Cc1ccc(F)cc1. The molecule has 2 aromatic carbocycles. The van der Waals surface area contributed by atoms with E-state index in [1.807, 2.05) is 4.90 Å². The molecule has 1 amide bonds. The van der Waals surface area contributed by atoms with Crippen molar-refractivity contribution in [1.82, 2.24) is 14.1 Å². The largest absolute Gasteiger partial charge is 0.337 e. The van der Waals surface area contributed by atoms with Gasteiger partial charge in [-0.05, 0) is 48.4 Å². The maximum absolute atomic E-state index is 13.3. The van der Waals surface area contributed by atoms with Crippen LogP contribution in [0.4, 0.5) is 8.78 Å². The zero-order valence-corrected chi connectivity index (χ0v) is 21.9. The molecule has 0 unspecified atom stereocenters. The second kappa shape index (κ2) is 13.8. The molecule has 36 heavy (non-hydrogen) atoms. The summed E-state index contributed by atoms with van der Waals surface area (Å²) >= 11 is 0. The summed E-state index contributed by atoms with van der Waals surface area (Å²) < 4.78 is 53.7. The second-order valence-electron chi connectivity index (χ2n) is 9.31. The highest BCUT2D eigenvalue weighted by Crippen LogP contribution is 2.18. The van der Waals surface area contributed by atoms with Gasteiger partial charge in [0.15, 0.2) is 0 Å². The van der Waals surface area contributed by atoms with E-state index in [-0.39, 0.29) is 16.6 Å². The lowest BCUT2D eigenvalue weighted by Gasteiger charge is -2.35. The summed E-state index contributed by atoms with van der Waals surface area (Å²) in [6, 6.07) is 11.1. The van der Waals surface area contributed by atoms with Crippen LogP contribution < -0.4 is 0 Å². The molecule has 1 aliphatic heterocycles. The van der Waals surface area contributed by atoms with Gasteiger partial charge in [-0.1, -0.05) is 44.7 Å². The molecule has 0 N–H and O–H groups in total. The Kier molecular flexibility index (Phi) is 10.8. The monoisotopic (exact) mass is 521 g/mol. The van der Waals surface area contributed by atoms with E-state index in [0.717, 1.165) is 43.4 Å². The van der Waals surface area contributed by atoms with Gasteiger partial charge in [0.25, 0.3) is 0 Å². The molecule has 0 spiro atoms. The van der Waals surface area contributed by atoms with E-state index in [0.29, 0.717) is 52.2 Å². The minimum absolute atomic E-state index is 0.0901. The van der Waals surface area contributed by atoms with Gasteiger partial charge in [-0.2, -0.15) is 4.31 Å². The van der Waals surface area contributed by atoms with E-state index < -0.39 is 15.8 Å². The quantitative estimate of drug-likeness (QED) is 0.360. The van der Waals surface area contributed by atoms with Crippen LogP contribution in [0.25, 0.3) is 0 Å². The van der Waals surface area contributed by atoms with Crippen LogP contribution in [0.15, 0.2) is 53.4 Å². The van der Waals surface area contributed by atoms with E-state index in [1.54, 1.807) is 12.1 Å². The number of carbonyl (C=O) groups excluding carboxylic acids is 1. The maximum Gasteiger partial charge on any atom is 0.243 e. The molecule has 6 nitrogen and oxygen atoms in total. The third-order valence-electron chi connectivity index (χ3n) is 6.60. The summed E-state index contributed by atoms with van der Waals surface area (Å²) in [5.41, 5.74) is 0.881. The predicted octanol–water partition coefficient (Wildman–Crippen LogP) is 4.66. The lowest BCUT2D eigenvalue weighted by atomic mass is 10.1. The van der Waals surface area contributed by atoms with Gasteiger partial charge in [-0.15, -0.1) is 0 Å². The molecule has 0 aromatic heterocycles. The molecule has 1 heterocycles. The minimum Gasteiger partial charge on any atom is -0.337 e. The molecule has 0 saturated carbocycles. The van der Waals surface area contributed by atoms with Gasteiger partial charge in [0.05, 0.1) is 4.90 Å². The number of halogens is 2. The lowest BCUT2D eigenvalue weighted by Crippen LogP contribution is -2.50. The summed E-state index contributed by atoms with van der Waals surface area (Å²) in [7, 11) is -3.66. The summed E-state index contributed by atoms with van der Waals surface area (Å²) in [5.74, 6) is -0.686. The van der Waals surface area contributed by atoms with E-state index in [1.165, 1.54) is 35.0 Å². The van der Waals surface area contributed by atoms with Gasteiger partial charge in [0.2, 0.25) is 15.9 Å². The van der Waals surface area contributed by atoms with Crippen LogP contribution in [0.1, 0.15) is 51.0 Å². The topological polar surface area (TPSA) is 60.9 Å². The first-order chi connectivity index (χ1) is 17.3. The van der Waals surface area contributed by atoms with Gasteiger partial charge in [-0.25, -0.2) is 17.2 Å². The normalized spacial score (nSPS) is 15.2. The van der Waals surface area contributed by atoms with Crippen molar-refractivity contribution >= 4 is 15.9 Å². The molecule has 1 aliphatic rings. The van der Waals surface area contributed by atoms with Crippen molar-refractivity contribution in [3.05, 3.63) is 65.7 Å². The van der Waals surface area contributed by atoms with E-state index in [9.17, 15) is 22.0 Å². The zero-order valence-electron chi connectivity index (χ0n) is 21.0. The molecule has 9 heteroatoms. The number of piperazine rings is 1. The number of amides is 1. The molecular formula is C27H37F2N3O3S. The lowest BCUT2D eigenvalue weighted by molar-refractivity contribution is -0.132. The summed E-state index contributed by atoms with van der Waals surface area (Å²) in [6.07, 6.45) is 5.86. The fourth-order valence-corrected chi connectivity index (χ4v) is 5.77. The van der Waals surface area contributed by atoms with Crippen molar-refractivity contribution in [3.63, 3.8) is 0 Å². The Labute approximate surface area is 213 Å². The van der Waals surface area contributed by atoms with Crippen molar-refractivity contribution < 1.29 is 22.0 Å². The van der Waals surface area contributed by atoms with Gasteiger partial charge >= 0.3 is 0 Å². The van der Waals surface area contributed by atoms with Gasteiger partial charge in [0, 0.05) is 52.2 Å². The van der Waals surface area contributed by atoms with Crippen LogP contribution in [0.2, 0.25) is 0 Å². The van der Waals surface area contributed by atoms with Crippen LogP contribution in [0.5, 0.6) is 0 Å². The highest BCUT2D eigenvalue weighted by Gasteiger charge is 2.28. The number of sulfonamides is 1. The first kappa shape index (κ1) is 28.2. The first-order valence-electron chi connectivity index (χ1n) is 12.8. The number of rotatable bonds is 13. The molecule has 198 valence electrons. The van der Waals surface area contributed by atoms with Crippen LogP contribution >= 0.6 is 0 Å². The van der Waals surface area contributed by atoms with Gasteiger partial charge in [-0.3, -0.25) is 9.69 Å². The van der Waals surface area contributed by atoms with Crippen molar-refractivity contribution in [2.24, 2.45) is 0 Å². The average molecular weight is 522 g/mol. The van der Waals surface area contributed by atoms with Crippen molar-refractivity contribution in [2.45, 2.75) is 56.9 Å². The predicted molar refractivity (Wildman–Crippen MR) is 137 cm³/mol. The zero-order chi connectivity index (χ0) is 26.0. The number of hydrogen-bond acceptors (Lipinski definition) is 4. The Bertz CT molecular complexity index is 1050. The minimum atomic E-state index is -3.66. The van der Waals surface area contributed by atoms with Gasteiger partial charge < -0.3 is 4.90 Å². The maximum atomic E-state index is 13.3. The summed E-state index contributed by atoms with van der Waals surface area (Å²) in [4.78, 5) is 17.1. The smallest absolute Gasteiger partial charge is 0.243 e. The number of benzene rings is 2. The molecule has 2 aromatic rings. The Morgan fingerprint density at radius 1 is 0.861 bits per heavy atom. The van der Waals surface area contributed by atoms with Crippen molar-refractivity contribution in [2.75, 3.05) is 39.3 Å². The van der Waals surface area contributed by atoms with Gasteiger partial charge in [0.1, 0.15) is 11.6 Å².